The summed E-state index contributed by atoms with van der Waals surface area (Å²) in [7, 11) is 0. The lowest BCUT2D eigenvalue weighted by Crippen LogP contribution is -2.36. The second kappa shape index (κ2) is 7.92. The van der Waals surface area contributed by atoms with Gasteiger partial charge in [0.2, 0.25) is 0 Å². The molecule has 0 saturated heterocycles. The highest BCUT2D eigenvalue weighted by Gasteiger charge is 2.47. The number of aryl methyl sites for hydroxylation is 1. The third kappa shape index (κ3) is 4.12. The van der Waals surface area contributed by atoms with Crippen molar-refractivity contribution in [3.8, 4) is 0 Å². The molecule has 9 heteroatoms. The number of aromatic nitrogens is 2. The van der Waals surface area contributed by atoms with Crippen LogP contribution < -0.4 is 10.6 Å². The molecular weight excluding hydrogens is 429 g/mol. The zero-order chi connectivity index (χ0) is 22.3. The maximum atomic E-state index is 13.8. The van der Waals surface area contributed by atoms with Gasteiger partial charge >= 0.3 is 6.18 Å². The number of nitrogens with zero attached hydrogens (tertiary/aromatic N) is 2. The van der Waals surface area contributed by atoms with E-state index in [1.165, 1.54) is 0 Å². The van der Waals surface area contributed by atoms with Gasteiger partial charge in [-0.2, -0.15) is 18.3 Å². The molecule has 1 amide bonds. The topological polar surface area (TPSA) is 59.0 Å². The molecule has 2 aromatic carbocycles. The highest BCUT2D eigenvalue weighted by molar-refractivity contribution is 6.31. The van der Waals surface area contributed by atoms with Crippen LogP contribution in [0.3, 0.4) is 0 Å². The number of hydrogen-bond acceptors (Lipinski definition) is 3. The number of amides is 1. The molecule has 0 aliphatic carbocycles. The second-order valence-electron chi connectivity index (χ2n) is 7.62. The van der Waals surface area contributed by atoms with Crippen LogP contribution in [-0.4, -0.2) is 21.9 Å². The quantitative estimate of drug-likeness (QED) is 0.511. The van der Waals surface area contributed by atoms with E-state index in [0.29, 0.717) is 21.8 Å². The summed E-state index contributed by atoms with van der Waals surface area (Å²) in [5.74, 6) is -0.527. The molecule has 1 aliphatic rings. The number of hydrogen-bond donors (Lipinski definition) is 2. The lowest BCUT2D eigenvalue weighted by molar-refractivity contribution is -0.173. The molecule has 0 spiro atoms. The molecule has 2 unspecified atom stereocenters. The number of halogens is 4. The molecule has 0 radical (unpaired) electrons. The fourth-order valence-corrected chi connectivity index (χ4v) is 3.85. The largest absolute Gasteiger partial charge is 0.410 e. The lowest BCUT2D eigenvalue weighted by Gasteiger charge is -2.34. The Labute approximate surface area is 182 Å². The second-order valence-corrected chi connectivity index (χ2v) is 8.03. The molecular formula is C22H20ClF3N4O. The first-order chi connectivity index (χ1) is 14.6. The Morgan fingerprint density at radius 1 is 1.19 bits per heavy atom. The summed E-state index contributed by atoms with van der Waals surface area (Å²) >= 11 is 6.10. The van der Waals surface area contributed by atoms with Crippen LogP contribution in [0.1, 0.15) is 45.6 Å². The van der Waals surface area contributed by atoms with Crippen molar-refractivity contribution >= 4 is 29.0 Å². The van der Waals surface area contributed by atoms with Gasteiger partial charge in [0.15, 0.2) is 6.04 Å². The van der Waals surface area contributed by atoms with Crippen LogP contribution in [0.4, 0.5) is 24.7 Å². The van der Waals surface area contributed by atoms with Crippen molar-refractivity contribution in [1.82, 2.24) is 9.78 Å². The van der Waals surface area contributed by atoms with Crippen molar-refractivity contribution in [2.75, 3.05) is 10.6 Å². The number of rotatable bonds is 3. The van der Waals surface area contributed by atoms with Crippen LogP contribution in [0, 0.1) is 13.8 Å². The van der Waals surface area contributed by atoms with Crippen molar-refractivity contribution in [1.29, 1.82) is 0 Å². The fraction of sp³-hybridized carbons (Fsp3) is 0.273. The van der Waals surface area contributed by atoms with Crippen molar-refractivity contribution in [3.05, 3.63) is 75.9 Å². The minimum atomic E-state index is -4.51. The van der Waals surface area contributed by atoms with Gasteiger partial charge in [-0.3, -0.25) is 4.79 Å². The number of nitrogens with one attached hydrogen (secondary N) is 2. The fourth-order valence-electron chi connectivity index (χ4n) is 3.68. The van der Waals surface area contributed by atoms with Crippen LogP contribution in [0.5, 0.6) is 0 Å². The van der Waals surface area contributed by atoms with Crippen molar-refractivity contribution in [2.45, 2.75) is 38.5 Å². The van der Waals surface area contributed by atoms with E-state index in [9.17, 15) is 18.0 Å². The van der Waals surface area contributed by atoms with Crippen LogP contribution in [-0.2, 0) is 0 Å². The number of anilines is 2. The number of fused-ring (bicyclic) bond motifs is 1. The van der Waals surface area contributed by atoms with Gasteiger partial charge in [-0.05, 0) is 37.1 Å². The summed E-state index contributed by atoms with van der Waals surface area (Å²) < 4.78 is 42.3. The number of benzene rings is 2. The van der Waals surface area contributed by atoms with Gasteiger partial charge < -0.3 is 10.6 Å². The zero-order valence-electron chi connectivity index (χ0n) is 16.8. The minimum Gasteiger partial charge on any atom is -0.363 e. The summed E-state index contributed by atoms with van der Waals surface area (Å²) in [6.07, 6.45) is -3.58. The van der Waals surface area contributed by atoms with E-state index in [2.05, 4.69) is 15.7 Å². The van der Waals surface area contributed by atoms with Gasteiger partial charge in [0, 0.05) is 17.1 Å². The molecule has 2 atom stereocenters. The summed E-state index contributed by atoms with van der Waals surface area (Å²) in [5.41, 5.74) is 2.90. The van der Waals surface area contributed by atoms with Crippen LogP contribution in [0.15, 0.2) is 48.7 Å². The first-order valence-corrected chi connectivity index (χ1v) is 10.1. The summed E-state index contributed by atoms with van der Waals surface area (Å²) in [6.45, 7) is 3.66. The van der Waals surface area contributed by atoms with Gasteiger partial charge in [0.05, 0.1) is 12.2 Å². The molecule has 31 heavy (non-hydrogen) atoms. The third-order valence-electron chi connectivity index (χ3n) is 5.48. The highest BCUT2D eigenvalue weighted by Crippen LogP contribution is 2.44. The molecule has 0 saturated carbocycles. The Kier molecular flexibility index (Phi) is 5.43. The van der Waals surface area contributed by atoms with Gasteiger partial charge in [0.1, 0.15) is 11.4 Å². The molecule has 2 heterocycles. The monoisotopic (exact) mass is 448 g/mol. The Morgan fingerprint density at radius 3 is 2.58 bits per heavy atom. The van der Waals surface area contributed by atoms with E-state index in [0.717, 1.165) is 16.4 Å². The number of carbonyl (C=O) groups is 1. The van der Waals surface area contributed by atoms with Crippen molar-refractivity contribution in [3.63, 3.8) is 0 Å². The molecule has 0 bridgehead atoms. The van der Waals surface area contributed by atoms with Gasteiger partial charge in [0.25, 0.3) is 5.91 Å². The lowest BCUT2D eigenvalue weighted by atomic mass is 9.96. The molecule has 1 aliphatic heterocycles. The van der Waals surface area contributed by atoms with E-state index in [1.807, 2.05) is 19.1 Å². The Bertz CT molecular complexity index is 1120. The standard InChI is InChI=1S/C22H20ClF3N4O/c1-12-6-8-14(9-7-12)18-10-19(22(24,25)26)30-20(28-18)15(11-27-30)21(31)29-17-5-3-4-16(23)13(17)2/h3-9,11,18-19,28H,10H2,1-2H3,(H,29,31). The highest BCUT2D eigenvalue weighted by atomic mass is 35.5. The average molecular weight is 449 g/mol. The third-order valence-corrected chi connectivity index (χ3v) is 5.89. The SMILES string of the molecule is Cc1ccc(C2CC(C(F)(F)F)n3ncc(C(=O)Nc4cccc(Cl)c4C)c3N2)cc1. The van der Waals surface area contributed by atoms with Gasteiger partial charge in [-0.25, -0.2) is 4.68 Å². The molecule has 5 nitrogen and oxygen atoms in total. The average Bonchev–Trinajstić information content (AvgIpc) is 3.14. The van der Waals surface area contributed by atoms with Crippen LogP contribution in [0.2, 0.25) is 5.02 Å². The summed E-state index contributed by atoms with van der Waals surface area (Å²) in [5, 5.41) is 10.2. The van der Waals surface area contributed by atoms with Crippen LogP contribution in [0.25, 0.3) is 0 Å². The molecule has 2 N–H and O–H groups in total. The predicted octanol–water partition coefficient (Wildman–Crippen LogP) is 6.07. The number of carbonyl (C=O) groups excluding carboxylic acids is 1. The predicted molar refractivity (Wildman–Crippen MR) is 114 cm³/mol. The van der Waals surface area contributed by atoms with Gasteiger partial charge in [-0.15, -0.1) is 0 Å². The molecule has 0 fully saturated rings. The van der Waals surface area contributed by atoms with E-state index in [-0.39, 0.29) is 17.8 Å². The molecule has 162 valence electrons. The maximum absolute atomic E-state index is 13.8. The minimum absolute atomic E-state index is 0.0328. The van der Waals surface area contributed by atoms with Crippen molar-refractivity contribution < 1.29 is 18.0 Å². The number of alkyl halides is 3. The first-order valence-electron chi connectivity index (χ1n) is 9.69. The smallest absolute Gasteiger partial charge is 0.363 e. The zero-order valence-corrected chi connectivity index (χ0v) is 17.6. The normalized spacial score (nSPS) is 18.3. The van der Waals surface area contributed by atoms with E-state index in [1.54, 1.807) is 37.3 Å². The first kappa shape index (κ1) is 21.2. The Hall–Kier alpha value is -3.00. The Morgan fingerprint density at radius 2 is 1.90 bits per heavy atom. The Balaban J connectivity index is 1.70. The van der Waals surface area contributed by atoms with Gasteiger partial charge in [-0.1, -0.05) is 47.5 Å². The maximum Gasteiger partial charge on any atom is 0.410 e. The van der Waals surface area contributed by atoms with E-state index in [4.69, 9.17) is 11.6 Å². The molecule has 4 rings (SSSR count). The summed E-state index contributed by atoms with van der Waals surface area (Å²) in [4.78, 5) is 12.9. The summed E-state index contributed by atoms with van der Waals surface area (Å²) in [6, 6.07) is 9.88. The van der Waals surface area contributed by atoms with Crippen molar-refractivity contribution in [2.24, 2.45) is 0 Å². The molecule has 3 aromatic rings. The van der Waals surface area contributed by atoms with Crippen LogP contribution >= 0.6 is 11.6 Å². The van der Waals surface area contributed by atoms with E-state index < -0.39 is 24.2 Å². The molecule has 1 aromatic heterocycles. The van der Waals surface area contributed by atoms with E-state index >= 15 is 0 Å².